The van der Waals surface area contributed by atoms with Crippen molar-refractivity contribution in [3.05, 3.63) is 35.2 Å². The van der Waals surface area contributed by atoms with Gasteiger partial charge in [-0.05, 0) is 57.0 Å². The molecule has 1 unspecified atom stereocenters. The molecule has 3 N–H and O–H groups in total. The lowest BCUT2D eigenvalue weighted by Crippen LogP contribution is -2.40. The van der Waals surface area contributed by atoms with Gasteiger partial charge in [-0.3, -0.25) is 4.99 Å². The number of aliphatic hydroxyl groups is 1. The second-order valence-electron chi connectivity index (χ2n) is 7.43. The van der Waals surface area contributed by atoms with Crippen LogP contribution in [0.5, 0.6) is 0 Å². The van der Waals surface area contributed by atoms with Gasteiger partial charge in [0.1, 0.15) is 6.10 Å². The van der Waals surface area contributed by atoms with E-state index < -0.39 is 6.10 Å². The van der Waals surface area contributed by atoms with Crippen molar-refractivity contribution in [1.29, 1.82) is 0 Å². The van der Waals surface area contributed by atoms with E-state index in [1.807, 2.05) is 12.1 Å². The lowest BCUT2D eigenvalue weighted by atomic mass is 10.2. The molecule has 0 spiro atoms. The van der Waals surface area contributed by atoms with Crippen molar-refractivity contribution in [2.45, 2.75) is 18.9 Å². The van der Waals surface area contributed by atoms with Crippen molar-refractivity contribution in [2.75, 3.05) is 59.9 Å². The predicted molar refractivity (Wildman–Crippen MR) is 135 cm³/mol. The van der Waals surface area contributed by atoms with E-state index in [0.717, 1.165) is 43.4 Å². The number of thiophene rings is 1. The van der Waals surface area contributed by atoms with Gasteiger partial charge in [-0.1, -0.05) is 18.2 Å². The van der Waals surface area contributed by atoms with Crippen molar-refractivity contribution in [3.8, 4) is 0 Å². The molecule has 2 aromatic rings. The molecule has 1 aliphatic rings. The number of aliphatic hydroxyl groups excluding tert-OH is 1. The Kier molecular flexibility index (Phi) is 10.6. The number of aliphatic imine (C=N–C) groups is 1. The minimum atomic E-state index is -0.537. The molecule has 6 nitrogen and oxygen atoms in total. The zero-order valence-corrected chi connectivity index (χ0v) is 20.6. The van der Waals surface area contributed by atoms with E-state index in [1.54, 1.807) is 18.4 Å². The Morgan fingerprint density at radius 1 is 1.21 bits per heavy atom. The van der Waals surface area contributed by atoms with E-state index in [4.69, 9.17) is 0 Å². The lowest BCUT2D eigenvalue weighted by Gasteiger charge is -2.20. The first-order chi connectivity index (χ1) is 13.7. The number of likely N-dealkylation sites (N-methyl/N-ethyl adjacent to an activating group) is 1. The van der Waals surface area contributed by atoms with Crippen molar-refractivity contribution in [3.63, 3.8) is 0 Å². The van der Waals surface area contributed by atoms with Crippen molar-refractivity contribution < 1.29 is 5.11 Å². The molecular weight excluding hydrogens is 497 g/mol. The van der Waals surface area contributed by atoms with Crippen LogP contribution in [0.2, 0.25) is 0 Å². The third kappa shape index (κ3) is 7.67. The maximum absolute atomic E-state index is 10.5. The topological polar surface area (TPSA) is 63.1 Å². The van der Waals surface area contributed by atoms with Crippen LogP contribution in [0.4, 0.5) is 0 Å². The van der Waals surface area contributed by atoms with Crippen LogP contribution in [0.3, 0.4) is 0 Å². The molecule has 1 fully saturated rings. The molecule has 0 amide bonds. The third-order valence-electron chi connectivity index (χ3n) is 5.22. The highest BCUT2D eigenvalue weighted by atomic mass is 127. The highest BCUT2D eigenvalue weighted by Gasteiger charge is 2.13. The van der Waals surface area contributed by atoms with Gasteiger partial charge in [0.05, 0.1) is 0 Å². The molecule has 1 saturated heterocycles. The van der Waals surface area contributed by atoms with Crippen molar-refractivity contribution in [2.24, 2.45) is 4.99 Å². The SMILES string of the molecule is CN=C(NCCCN1CCCN(C)CC1)NCC(O)c1cc2ccccc2s1.I. The smallest absolute Gasteiger partial charge is 0.191 e. The number of nitrogens with zero attached hydrogens (tertiary/aromatic N) is 3. The minimum absolute atomic E-state index is 0. The fraction of sp³-hybridized carbons (Fsp3) is 0.571. The molecule has 1 aromatic heterocycles. The summed E-state index contributed by atoms with van der Waals surface area (Å²) >= 11 is 1.64. The first-order valence-electron chi connectivity index (χ1n) is 10.2. The fourth-order valence-corrected chi connectivity index (χ4v) is 4.56. The Bertz CT molecular complexity index is 735. The molecule has 3 rings (SSSR count). The summed E-state index contributed by atoms with van der Waals surface area (Å²) in [5.74, 6) is 0.746. The zero-order valence-electron chi connectivity index (χ0n) is 17.4. The van der Waals surface area contributed by atoms with Gasteiger partial charge in [0.15, 0.2) is 5.96 Å². The third-order valence-corrected chi connectivity index (χ3v) is 6.43. The van der Waals surface area contributed by atoms with Crippen LogP contribution in [-0.4, -0.2) is 80.8 Å². The fourth-order valence-electron chi connectivity index (χ4n) is 3.51. The van der Waals surface area contributed by atoms with Crippen LogP contribution in [0.15, 0.2) is 35.3 Å². The normalized spacial score (nSPS) is 17.6. The Morgan fingerprint density at radius 2 is 2.03 bits per heavy atom. The largest absolute Gasteiger partial charge is 0.386 e. The monoisotopic (exact) mass is 531 g/mol. The van der Waals surface area contributed by atoms with Crippen LogP contribution < -0.4 is 10.6 Å². The quantitative estimate of drug-likeness (QED) is 0.222. The average Bonchev–Trinajstić information content (AvgIpc) is 3.04. The van der Waals surface area contributed by atoms with E-state index in [2.05, 4.69) is 50.7 Å². The summed E-state index contributed by atoms with van der Waals surface area (Å²) in [6, 6.07) is 10.3. The highest BCUT2D eigenvalue weighted by molar-refractivity contribution is 14.0. The number of rotatable bonds is 7. The van der Waals surface area contributed by atoms with Crippen LogP contribution in [0.1, 0.15) is 23.8 Å². The number of hydrogen-bond donors (Lipinski definition) is 3. The summed E-state index contributed by atoms with van der Waals surface area (Å²) in [7, 11) is 3.97. The van der Waals surface area contributed by atoms with Gasteiger partial charge in [-0.25, -0.2) is 0 Å². The summed E-state index contributed by atoms with van der Waals surface area (Å²) < 4.78 is 1.21. The van der Waals surface area contributed by atoms with Gasteiger partial charge in [-0.2, -0.15) is 0 Å². The Labute approximate surface area is 195 Å². The standard InChI is InChI=1S/C21H33N5OS.HI/c1-22-21(23-9-5-11-26-12-6-10-25(2)13-14-26)24-16-18(27)20-15-17-7-3-4-8-19(17)28-20;/h3-4,7-8,15,18,27H,5-6,9-14,16H2,1-2H3,(H2,22,23,24);1H. The Morgan fingerprint density at radius 3 is 2.83 bits per heavy atom. The first-order valence-corrected chi connectivity index (χ1v) is 11.0. The lowest BCUT2D eigenvalue weighted by molar-refractivity contribution is 0.184. The molecule has 0 radical (unpaired) electrons. The average molecular weight is 532 g/mol. The molecule has 1 atom stereocenters. The molecule has 0 aliphatic carbocycles. The summed E-state index contributed by atoms with van der Waals surface area (Å²) in [5.41, 5.74) is 0. The van der Waals surface area contributed by atoms with Gasteiger partial charge < -0.3 is 25.5 Å². The van der Waals surface area contributed by atoms with Crippen LogP contribution >= 0.6 is 35.3 Å². The second-order valence-corrected chi connectivity index (χ2v) is 8.55. The number of fused-ring (bicyclic) bond motifs is 1. The van der Waals surface area contributed by atoms with E-state index >= 15 is 0 Å². The van der Waals surface area contributed by atoms with Crippen LogP contribution in [0.25, 0.3) is 10.1 Å². The van der Waals surface area contributed by atoms with Crippen LogP contribution in [-0.2, 0) is 0 Å². The molecule has 1 aromatic carbocycles. The van der Waals surface area contributed by atoms with E-state index in [9.17, 15) is 5.11 Å². The molecular formula is C21H34IN5OS. The summed E-state index contributed by atoms with van der Waals surface area (Å²) in [5, 5.41) is 18.3. The summed E-state index contributed by atoms with van der Waals surface area (Å²) in [4.78, 5) is 10.2. The first kappa shape index (κ1) is 24.3. The predicted octanol–water partition coefficient (Wildman–Crippen LogP) is 2.75. The number of halogens is 1. The molecule has 1 aliphatic heterocycles. The van der Waals surface area contributed by atoms with Gasteiger partial charge in [-0.15, -0.1) is 35.3 Å². The molecule has 8 heteroatoms. The van der Waals surface area contributed by atoms with Gasteiger partial charge in [0, 0.05) is 42.8 Å². The van der Waals surface area contributed by atoms with Gasteiger partial charge in [0.25, 0.3) is 0 Å². The summed E-state index contributed by atoms with van der Waals surface area (Å²) in [6.07, 6.45) is 1.80. The molecule has 29 heavy (non-hydrogen) atoms. The maximum Gasteiger partial charge on any atom is 0.191 e. The molecule has 0 saturated carbocycles. The Balaban J connectivity index is 0.00000300. The number of guanidine groups is 1. The summed E-state index contributed by atoms with van der Waals surface area (Å²) in [6.45, 7) is 7.15. The minimum Gasteiger partial charge on any atom is -0.386 e. The van der Waals surface area contributed by atoms with Crippen LogP contribution in [0, 0.1) is 0 Å². The number of benzene rings is 1. The molecule has 2 heterocycles. The Hall–Kier alpha value is -0.940. The number of hydrogen-bond acceptors (Lipinski definition) is 5. The van der Waals surface area contributed by atoms with Gasteiger partial charge in [0.2, 0.25) is 0 Å². The molecule has 0 bridgehead atoms. The highest BCUT2D eigenvalue weighted by Crippen LogP contribution is 2.29. The second kappa shape index (κ2) is 12.7. The zero-order chi connectivity index (χ0) is 19.8. The number of nitrogens with one attached hydrogen (secondary N) is 2. The maximum atomic E-state index is 10.5. The molecule has 162 valence electrons. The van der Waals surface area contributed by atoms with Gasteiger partial charge >= 0.3 is 0 Å². The van der Waals surface area contributed by atoms with Crippen molar-refractivity contribution >= 4 is 51.4 Å². The van der Waals surface area contributed by atoms with E-state index in [0.29, 0.717) is 6.54 Å². The van der Waals surface area contributed by atoms with Crippen molar-refractivity contribution in [1.82, 2.24) is 20.4 Å². The van der Waals surface area contributed by atoms with E-state index in [1.165, 1.54) is 29.6 Å². The van der Waals surface area contributed by atoms with E-state index in [-0.39, 0.29) is 24.0 Å².